The summed E-state index contributed by atoms with van der Waals surface area (Å²) >= 11 is 0. The maximum absolute atomic E-state index is 12.3. The first-order chi connectivity index (χ1) is 12.7. The Morgan fingerprint density at radius 2 is 1.56 bits per heavy atom. The molecule has 0 fully saturated rings. The molecule has 3 aromatic rings. The Morgan fingerprint density at radius 1 is 0.926 bits per heavy atom. The summed E-state index contributed by atoms with van der Waals surface area (Å²) in [6.07, 6.45) is 1.56. The number of carbonyl (C=O) groups is 2. The zero-order valence-electron chi connectivity index (χ0n) is 15.4. The van der Waals surface area contributed by atoms with E-state index in [4.69, 9.17) is 4.42 Å². The van der Waals surface area contributed by atoms with Gasteiger partial charge >= 0.3 is 0 Å². The Balaban J connectivity index is 1.72. The molecule has 0 radical (unpaired) electrons. The highest BCUT2D eigenvalue weighted by molar-refractivity contribution is 6.04. The average molecular weight is 363 g/mol. The lowest BCUT2D eigenvalue weighted by atomic mass is 9.89. The van der Waals surface area contributed by atoms with E-state index in [-0.39, 0.29) is 17.4 Å². The Hall–Kier alpha value is -3.34. The fourth-order valence-corrected chi connectivity index (χ4v) is 2.54. The van der Waals surface area contributed by atoms with Crippen LogP contribution in [0.4, 0.5) is 5.69 Å². The zero-order chi connectivity index (χ0) is 19.6. The van der Waals surface area contributed by atoms with E-state index in [1.165, 1.54) is 12.1 Å². The van der Waals surface area contributed by atoms with E-state index < -0.39 is 5.41 Å². The second kappa shape index (κ2) is 7.11. The maximum atomic E-state index is 12.3. The van der Waals surface area contributed by atoms with Gasteiger partial charge in [-0.25, -0.2) is 0 Å². The first-order valence-corrected chi connectivity index (χ1v) is 8.58. The third kappa shape index (κ3) is 4.26. The largest absolute Gasteiger partial charge is 0.508 e. The molecule has 5 nitrogen and oxygen atoms in total. The van der Waals surface area contributed by atoms with Gasteiger partial charge in [-0.1, -0.05) is 32.9 Å². The smallest absolute Gasteiger partial charge is 0.255 e. The molecule has 0 unspecified atom stereocenters. The summed E-state index contributed by atoms with van der Waals surface area (Å²) < 4.78 is 5.43. The van der Waals surface area contributed by atoms with Crippen LogP contribution in [0.2, 0.25) is 0 Å². The molecular formula is C22H21NO4. The lowest BCUT2D eigenvalue weighted by Gasteiger charge is -2.13. The van der Waals surface area contributed by atoms with Crippen molar-refractivity contribution in [2.75, 3.05) is 5.32 Å². The van der Waals surface area contributed by atoms with Gasteiger partial charge in [0.2, 0.25) is 5.78 Å². The van der Waals surface area contributed by atoms with Crippen molar-refractivity contribution in [3.05, 3.63) is 72.2 Å². The van der Waals surface area contributed by atoms with Gasteiger partial charge in [0.05, 0.1) is 6.26 Å². The van der Waals surface area contributed by atoms with E-state index in [1.807, 2.05) is 32.9 Å². The Kier molecular flexibility index (Phi) is 4.86. The predicted molar refractivity (Wildman–Crippen MR) is 104 cm³/mol. The number of phenols is 1. The Morgan fingerprint density at radius 3 is 2.15 bits per heavy atom. The number of Topliss-reactive ketones (excluding diaryl/α,β-unsaturated/α-hetero) is 1. The van der Waals surface area contributed by atoms with E-state index in [2.05, 4.69) is 5.32 Å². The van der Waals surface area contributed by atoms with Gasteiger partial charge in [-0.15, -0.1) is 0 Å². The number of aromatic hydroxyl groups is 1. The number of rotatable bonds is 4. The van der Waals surface area contributed by atoms with Crippen LogP contribution in [0.3, 0.4) is 0 Å². The topological polar surface area (TPSA) is 79.5 Å². The summed E-state index contributed by atoms with van der Waals surface area (Å²) in [5.74, 6) is 0.137. The molecular weight excluding hydrogens is 342 g/mol. The molecule has 1 aromatic heterocycles. The van der Waals surface area contributed by atoms with Crippen LogP contribution in [0.15, 0.2) is 65.3 Å². The number of anilines is 1. The van der Waals surface area contributed by atoms with Crippen LogP contribution in [0.25, 0.3) is 11.1 Å². The Bertz CT molecular complexity index is 961. The van der Waals surface area contributed by atoms with Crippen LogP contribution in [-0.4, -0.2) is 16.8 Å². The molecule has 2 N–H and O–H groups in total. The third-order valence-corrected chi connectivity index (χ3v) is 4.11. The average Bonchev–Trinajstić information content (AvgIpc) is 3.11. The first-order valence-electron chi connectivity index (χ1n) is 8.58. The molecule has 3 rings (SSSR count). The summed E-state index contributed by atoms with van der Waals surface area (Å²) in [5.41, 5.74) is 2.29. The fraction of sp³-hybridized carbons (Fsp3) is 0.182. The van der Waals surface area contributed by atoms with E-state index in [0.717, 1.165) is 11.1 Å². The highest BCUT2D eigenvalue weighted by Crippen LogP contribution is 2.28. The summed E-state index contributed by atoms with van der Waals surface area (Å²) in [6, 6.07) is 15.0. The number of hydrogen-bond donors (Lipinski definition) is 2. The van der Waals surface area contributed by atoms with Gasteiger partial charge in [-0.3, -0.25) is 9.59 Å². The van der Waals surface area contributed by atoms with Crippen LogP contribution in [0, 0.1) is 5.41 Å². The highest BCUT2D eigenvalue weighted by Gasteiger charge is 2.25. The third-order valence-electron chi connectivity index (χ3n) is 4.11. The second-order valence-electron chi connectivity index (χ2n) is 7.36. The van der Waals surface area contributed by atoms with Crippen molar-refractivity contribution in [1.29, 1.82) is 0 Å². The van der Waals surface area contributed by atoms with Gasteiger partial charge in [-0.05, 0) is 48.0 Å². The minimum absolute atomic E-state index is 0.0495. The van der Waals surface area contributed by atoms with Crippen LogP contribution >= 0.6 is 0 Å². The minimum Gasteiger partial charge on any atom is -0.508 e. The van der Waals surface area contributed by atoms with Crippen molar-refractivity contribution < 1.29 is 19.1 Å². The lowest BCUT2D eigenvalue weighted by Crippen LogP contribution is -2.19. The number of carbonyl (C=O) groups excluding carboxylic acids is 2. The number of furan rings is 1. The van der Waals surface area contributed by atoms with Crippen LogP contribution in [-0.2, 0) is 0 Å². The summed E-state index contributed by atoms with van der Waals surface area (Å²) in [7, 11) is 0. The number of nitrogens with one attached hydrogen (secondary N) is 1. The number of amides is 1. The number of ketones is 1. The van der Waals surface area contributed by atoms with Gasteiger partial charge in [-0.2, -0.15) is 0 Å². The first kappa shape index (κ1) is 18.5. The molecule has 0 atom stereocenters. The molecule has 0 spiro atoms. The highest BCUT2D eigenvalue weighted by atomic mass is 16.3. The van der Waals surface area contributed by atoms with Crippen molar-refractivity contribution in [3.63, 3.8) is 0 Å². The van der Waals surface area contributed by atoms with Crippen LogP contribution in [0.1, 0.15) is 41.7 Å². The van der Waals surface area contributed by atoms with Gasteiger partial charge < -0.3 is 14.8 Å². The molecule has 138 valence electrons. The fourth-order valence-electron chi connectivity index (χ4n) is 2.54. The minimum atomic E-state index is -0.502. The quantitative estimate of drug-likeness (QED) is 0.630. The van der Waals surface area contributed by atoms with E-state index in [1.54, 1.807) is 36.6 Å². The van der Waals surface area contributed by atoms with Crippen molar-refractivity contribution >= 4 is 17.4 Å². The van der Waals surface area contributed by atoms with Crippen molar-refractivity contribution in [2.24, 2.45) is 5.41 Å². The molecule has 1 heterocycles. The predicted octanol–water partition coefficient (Wildman–Crippen LogP) is 5.13. The summed E-state index contributed by atoms with van der Waals surface area (Å²) in [4.78, 5) is 24.5. The monoisotopic (exact) mass is 363 g/mol. The lowest BCUT2D eigenvalue weighted by molar-refractivity contribution is 0.0828. The van der Waals surface area contributed by atoms with Gasteiger partial charge in [0.15, 0.2) is 5.76 Å². The maximum Gasteiger partial charge on any atom is 0.255 e. The molecule has 0 bridgehead atoms. The SMILES string of the molecule is CC(C)(C)C(=O)c1cc(-c2ccc(NC(=O)c3ccc(O)cc3)cc2)co1. The molecule has 0 saturated carbocycles. The zero-order valence-corrected chi connectivity index (χ0v) is 15.4. The molecule has 27 heavy (non-hydrogen) atoms. The molecule has 0 aliphatic rings. The van der Waals surface area contributed by atoms with Crippen LogP contribution in [0.5, 0.6) is 5.75 Å². The second-order valence-corrected chi connectivity index (χ2v) is 7.36. The molecule has 0 aliphatic heterocycles. The molecule has 5 heteroatoms. The Labute approximate surface area is 157 Å². The standard InChI is InChI=1S/C22H21NO4/c1-22(2,3)20(25)19-12-16(13-27-19)14-4-8-17(9-5-14)23-21(26)15-6-10-18(24)11-7-15/h4-13,24H,1-3H3,(H,23,26). The number of hydrogen-bond acceptors (Lipinski definition) is 4. The molecule has 2 aromatic carbocycles. The number of benzene rings is 2. The molecule has 0 aliphatic carbocycles. The van der Waals surface area contributed by atoms with Crippen molar-refractivity contribution in [2.45, 2.75) is 20.8 Å². The summed E-state index contributed by atoms with van der Waals surface area (Å²) in [6.45, 7) is 5.55. The normalized spacial score (nSPS) is 11.2. The molecule has 0 saturated heterocycles. The van der Waals surface area contributed by atoms with E-state index in [0.29, 0.717) is 17.0 Å². The summed E-state index contributed by atoms with van der Waals surface area (Å²) in [5, 5.41) is 12.1. The van der Waals surface area contributed by atoms with Gasteiger partial charge in [0, 0.05) is 22.2 Å². The van der Waals surface area contributed by atoms with Gasteiger partial charge in [0.1, 0.15) is 5.75 Å². The van der Waals surface area contributed by atoms with E-state index >= 15 is 0 Å². The van der Waals surface area contributed by atoms with Crippen molar-refractivity contribution in [3.8, 4) is 16.9 Å². The number of phenolic OH excluding ortho intramolecular Hbond substituents is 1. The molecule has 1 amide bonds. The van der Waals surface area contributed by atoms with Crippen molar-refractivity contribution in [1.82, 2.24) is 0 Å². The van der Waals surface area contributed by atoms with Crippen LogP contribution < -0.4 is 5.32 Å². The van der Waals surface area contributed by atoms with E-state index in [9.17, 15) is 14.7 Å². The van der Waals surface area contributed by atoms with Gasteiger partial charge in [0.25, 0.3) is 5.91 Å².